The molecule has 0 spiro atoms. The van der Waals surface area contributed by atoms with E-state index in [-0.39, 0.29) is 18.9 Å². The molecule has 26 heavy (non-hydrogen) atoms. The molecule has 0 unspecified atom stereocenters. The standard InChI is InChI=1S/C18H18N2O4S2/c1-10-13(12-5-4-11(24-3)8-14(12)19(10)2)9-15-17(23)20(18(25)26-15)7-6-16(21)22/h4-5,8-9H,6-7H2,1-3H3,(H,21,22). The molecule has 0 radical (unpaired) electrons. The highest BCUT2D eigenvalue weighted by atomic mass is 32.2. The molecule has 1 aromatic carbocycles. The number of nitrogens with zero attached hydrogens (tertiary/aromatic N) is 2. The monoisotopic (exact) mass is 390 g/mol. The van der Waals surface area contributed by atoms with Gasteiger partial charge < -0.3 is 14.4 Å². The van der Waals surface area contributed by atoms with Gasteiger partial charge in [-0.3, -0.25) is 14.5 Å². The van der Waals surface area contributed by atoms with E-state index in [1.807, 2.05) is 38.2 Å². The van der Waals surface area contributed by atoms with Crippen LogP contribution in [0.4, 0.5) is 0 Å². The number of hydrogen-bond acceptors (Lipinski definition) is 5. The Morgan fingerprint density at radius 1 is 1.42 bits per heavy atom. The Bertz CT molecular complexity index is 962. The van der Waals surface area contributed by atoms with E-state index in [2.05, 4.69) is 4.57 Å². The summed E-state index contributed by atoms with van der Waals surface area (Å²) in [5, 5.41) is 9.85. The zero-order chi connectivity index (χ0) is 19.0. The van der Waals surface area contributed by atoms with Gasteiger partial charge in [-0.15, -0.1) is 0 Å². The second-order valence-electron chi connectivity index (χ2n) is 5.92. The normalized spacial score (nSPS) is 16.1. The molecule has 1 fully saturated rings. The van der Waals surface area contributed by atoms with E-state index < -0.39 is 5.97 Å². The van der Waals surface area contributed by atoms with Gasteiger partial charge in [-0.2, -0.15) is 0 Å². The molecule has 8 heteroatoms. The number of amides is 1. The molecule has 1 saturated heterocycles. The third kappa shape index (κ3) is 3.22. The van der Waals surface area contributed by atoms with Crippen LogP contribution in [0.25, 0.3) is 17.0 Å². The van der Waals surface area contributed by atoms with Crippen LogP contribution in [-0.2, 0) is 16.6 Å². The van der Waals surface area contributed by atoms with E-state index in [9.17, 15) is 9.59 Å². The smallest absolute Gasteiger partial charge is 0.305 e. The van der Waals surface area contributed by atoms with E-state index in [0.29, 0.717) is 9.23 Å². The number of carbonyl (C=O) groups is 2. The Labute approximate surface area is 160 Å². The van der Waals surface area contributed by atoms with Crippen LogP contribution in [0.2, 0.25) is 0 Å². The first-order valence-electron chi connectivity index (χ1n) is 7.93. The number of aliphatic carboxylic acids is 1. The lowest BCUT2D eigenvalue weighted by Crippen LogP contribution is -2.30. The second kappa shape index (κ2) is 7.13. The van der Waals surface area contributed by atoms with Gasteiger partial charge >= 0.3 is 5.97 Å². The van der Waals surface area contributed by atoms with Gasteiger partial charge in [0.05, 0.1) is 24.0 Å². The molecule has 0 aliphatic carbocycles. The number of fused-ring (bicyclic) bond motifs is 1. The van der Waals surface area contributed by atoms with Crippen LogP contribution in [0.5, 0.6) is 5.75 Å². The maximum absolute atomic E-state index is 12.6. The molecule has 1 amide bonds. The Hall–Kier alpha value is -2.32. The third-order valence-electron chi connectivity index (χ3n) is 4.45. The van der Waals surface area contributed by atoms with Gasteiger partial charge in [-0.05, 0) is 25.1 Å². The first kappa shape index (κ1) is 18.5. The SMILES string of the molecule is COc1ccc2c(C=C3SC(=S)N(CCC(=O)O)C3=O)c(C)n(C)c2c1. The van der Waals surface area contributed by atoms with Gasteiger partial charge in [0.25, 0.3) is 5.91 Å². The number of aromatic nitrogens is 1. The third-order valence-corrected chi connectivity index (χ3v) is 5.83. The summed E-state index contributed by atoms with van der Waals surface area (Å²) < 4.78 is 7.73. The molecule has 1 aliphatic heterocycles. The first-order chi connectivity index (χ1) is 12.3. The number of benzene rings is 1. The molecule has 2 aromatic rings. The topological polar surface area (TPSA) is 71.8 Å². The fourth-order valence-corrected chi connectivity index (χ4v) is 4.20. The van der Waals surface area contributed by atoms with E-state index in [1.54, 1.807) is 7.11 Å². The van der Waals surface area contributed by atoms with Crippen molar-refractivity contribution in [1.82, 2.24) is 9.47 Å². The number of hydrogen-bond donors (Lipinski definition) is 1. The predicted molar refractivity (Wildman–Crippen MR) is 106 cm³/mol. The van der Waals surface area contributed by atoms with Gasteiger partial charge in [-0.1, -0.05) is 24.0 Å². The number of carbonyl (C=O) groups excluding carboxylic acids is 1. The van der Waals surface area contributed by atoms with E-state index in [4.69, 9.17) is 22.1 Å². The van der Waals surface area contributed by atoms with Crippen LogP contribution in [0, 0.1) is 6.92 Å². The molecule has 0 atom stereocenters. The average Bonchev–Trinajstić information content (AvgIpc) is 3.01. The van der Waals surface area contributed by atoms with Crippen LogP contribution >= 0.6 is 24.0 Å². The van der Waals surface area contributed by atoms with Gasteiger partial charge in [0.1, 0.15) is 10.1 Å². The highest BCUT2D eigenvalue weighted by Gasteiger charge is 2.32. The highest BCUT2D eigenvalue weighted by molar-refractivity contribution is 8.26. The molecule has 0 saturated carbocycles. The highest BCUT2D eigenvalue weighted by Crippen LogP contribution is 2.36. The minimum absolute atomic E-state index is 0.0864. The van der Waals surface area contributed by atoms with E-state index in [1.165, 1.54) is 16.7 Å². The summed E-state index contributed by atoms with van der Waals surface area (Å²) >= 11 is 6.45. The Balaban J connectivity index is 2.00. The van der Waals surface area contributed by atoms with Gasteiger partial charge in [0, 0.05) is 36.3 Å². The number of thiocarbonyl (C=S) groups is 1. The molecule has 0 bridgehead atoms. The lowest BCUT2D eigenvalue weighted by molar-refractivity contribution is -0.137. The largest absolute Gasteiger partial charge is 0.497 e. The maximum atomic E-state index is 12.6. The van der Waals surface area contributed by atoms with E-state index in [0.717, 1.165) is 27.9 Å². The number of aryl methyl sites for hydroxylation is 1. The molecule has 1 N–H and O–H groups in total. The summed E-state index contributed by atoms with van der Waals surface area (Å²) in [7, 11) is 3.59. The van der Waals surface area contributed by atoms with Crippen LogP contribution in [-0.4, -0.2) is 44.4 Å². The molecular weight excluding hydrogens is 372 g/mol. The fraction of sp³-hybridized carbons (Fsp3) is 0.278. The Morgan fingerprint density at radius 2 is 2.15 bits per heavy atom. The van der Waals surface area contributed by atoms with Crippen molar-refractivity contribution in [3.05, 3.63) is 34.4 Å². The quantitative estimate of drug-likeness (QED) is 0.625. The van der Waals surface area contributed by atoms with Gasteiger partial charge in [0.2, 0.25) is 0 Å². The minimum atomic E-state index is -0.957. The van der Waals surface area contributed by atoms with Crippen molar-refractivity contribution in [3.63, 3.8) is 0 Å². The van der Waals surface area contributed by atoms with Crippen molar-refractivity contribution in [2.24, 2.45) is 7.05 Å². The predicted octanol–water partition coefficient (Wildman–Crippen LogP) is 3.17. The van der Waals surface area contributed by atoms with Crippen LogP contribution in [0.15, 0.2) is 23.1 Å². The Morgan fingerprint density at radius 3 is 2.81 bits per heavy atom. The lowest BCUT2D eigenvalue weighted by atomic mass is 10.1. The summed E-state index contributed by atoms with van der Waals surface area (Å²) in [6, 6.07) is 5.81. The fourth-order valence-electron chi connectivity index (χ4n) is 2.91. The number of methoxy groups -OCH3 is 1. The lowest BCUT2D eigenvalue weighted by Gasteiger charge is -2.12. The van der Waals surface area contributed by atoms with Crippen molar-refractivity contribution in [1.29, 1.82) is 0 Å². The van der Waals surface area contributed by atoms with Crippen molar-refractivity contribution in [2.45, 2.75) is 13.3 Å². The molecule has 3 rings (SSSR count). The second-order valence-corrected chi connectivity index (χ2v) is 7.59. The van der Waals surface area contributed by atoms with Gasteiger partial charge in [-0.25, -0.2) is 0 Å². The average molecular weight is 390 g/mol. The number of thioether (sulfide) groups is 1. The number of ether oxygens (including phenoxy) is 1. The Kier molecular flexibility index (Phi) is 5.06. The number of carboxylic acids is 1. The molecule has 2 heterocycles. The van der Waals surface area contributed by atoms with Crippen molar-refractivity contribution in [3.8, 4) is 5.75 Å². The summed E-state index contributed by atoms with van der Waals surface area (Å²) in [4.78, 5) is 25.2. The summed E-state index contributed by atoms with van der Waals surface area (Å²) in [5.41, 5.74) is 2.97. The van der Waals surface area contributed by atoms with Crippen molar-refractivity contribution in [2.75, 3.05) is 13.7 Å². The van der Waals surface area contributed by atoms with E-state index >= 15 is 0 Å². The van der Waals surface area contributed by atoms with Crippen molar-refractivity contribution >= 4 is 57.2 Å². The van der Waals surface area contributed by atoms with Crippen LogP contribution in [0.1, 0.15) is 17.7 Å². The van der Waals surface area contributed by atoms with Crippen LogP contribution in [0.3, 0.4) is 0 Å². The number of rotatable bonds is 5. The number of carboxylic acid groups (broad SMARTS) is 1. The minimum Gasteiger partial charge on any atom is -0.497 e. The molecular formula is C18H18N2O4S2. The van der Waals surface area contributed by atoms with Gasteiger partial charge in [0.15, 0.2) is 0 Å². The molecule has 1 aliphatic rings. The van der Waals surface area contributed by atoms with Crippen molar-refractivity contribution < 1.29 is 19.4 Å². The summed E-state index contributed by atoms with van der Waals surface area (Å²) in [5.74, 6) is -0.433. The molecule has 136 valence electrons. The first-order valence-corrected chi connectivity index (χ1v) is 9.16. The zero-order valence-corrected chi connectivity index (χ0v) is 16.2. The maximum Gasteiger partial charge on any atom is 0.305 e. The molecule has 1 aromatic heterocycles. The molecule has 6 nitrogen and oxygen atoms in total. The zero-order valence-electron chi connectivity index (χ0n) is 14.6. The summed E-state index contributed by atoms with van der Waals surface area (Å²) in [6.07, 6.45) is 1.71. The van der Waals surface area contributed by atoms with Crippen LogP contribution < -0.4 is 4.74 Å². The summed E-state index contributed by atoms with van der Waals surface area (Å²) in [6.45, 7) is 2.08.